The molecule has 0 unspecified atom stereocenters. The van der Waals surface area contributed by atoms with Crippen LogP contribution in [0.4, 0.5) is 0 Å². The van der Waals surface area contributed by atoms with E-state index < -0.39 is 67.3 Å². The molecule has 0 heterocycles. The number of nitrogens with two attached hydrogens (primary N) is 1. The van der Waals surface area contributed by atoms with Gasteiger partial charge < -0.3 is 46.3 Å². The number of fused-ring (bicyclic) bond motifs is 1. The van der Waals surface area contributed by atoms with Crippen LogP contribution in [0.2, 0.25) is 0 Å². The lowest BCUT2D eigenvalue weighted by Crippen LogP contribution is -2.65. The van der Waals surface area contributed by atoms with Crippen molar-refractivity contribution in [2.45, 2.75) is 82.1 Å². The van der Waals surface area contributed by atoms with Gasteiger partial charge in [-0.25, -0.2) is 0 Å². The summed E-state index contributed by atoms with van der Waals surface area (Å²) in [6.45, 7) is 1.44. The molecule has 8 N–H and O–H groups in total. The van der Waals surface area contributed by atoms with Crippen LogP contribution in [0, 0.1) is 0 Å². The fraction of sp³-hybridized carbons (Fsp3) is 0.432. The maximum absolute atomic E-state index is 14.0. The van der Waals surface area contributed by atoms with Gasteiger partial charge >= 0.3 is 7.60 Å². The number of benzene rings is 3. The fourth-order valence-corrected chi connectivity index (χ4v) is 7.32. The Kier molecular flexibility index (Phi) is 14.0. The monoisotopic (exact) mass is 753 g/mol. The summed E-state index contributed by atoms with van der Waals surface area (Å²) in [6.07, 6.45) is 2.09. The number of carbonyl (C=O) groups is 5. The molecule has 4 rings (SSSR count). The van der Waals surface area contributed by atoms with Crippen LogP contribution in [-0.4, -0.2) is 77.7 Å². The summed E-state index contributed by atoms with van der Waals surface area (Å²) in [7, 11) is -1.17. The van der Waals surface area contributed by atoms with Gasteiger partial charge in [0.15, 0.2) is 11.5 Å². The number of primary amides is 1. The Morgan fingerprint density at radius 2 is 1.51 bits per heavy atom. The van der Waals surface area contributed by atoms with Crippen LogP contribution < -0.4 is 36.5 Å². The third kappa shape index (κ3) is 11.5. The molecule has 1 fully saturated rings. The highest BCUT2D eigenvalue weighted by atomic mass is 31.2. The molecule has 1 aliphatic carbocycles. The van der Waals surface area contributed by atoms with E-state index in [2.05, 4.69) is 21.3 Å². The van der Waals surface area contributed by atoms with Gasteiger partial charge in [-0.05, 0) is 58.9 Å². The first-order valence-electron chi connectivity index (χ1n) is 17.3. The highest BCUT2D eigenvalue weighted by Gasteiger charge is 2.43. The predicted octanol–water partition coefficient (Wildman–Crippen LogP) is 2.12. The van der Waals surface area contributed by atoms with Gasteiger partial charge in [-0.1, -0.05) is 61.7 Å². The summed E-state index contributed by atoms with van der Waals surface area (Å²) in [4.78, 5) is 84.0. The van der Waals surface area contributed by atoms with Gasteiger partial charge in [-0.15, -0.1) is 0 Å². The standard InChI is InChI=1S/C37H48N5O10P/c1-23(43)40-29(18-24-10-12-25(13-11-24)22-53(48,49)50)35(46)42-37(15-5-4-6-16-37)36(47)41-30(21-33(38)44)34(45)39-17-14-26-8-7-9-27-19-31(51-2)32(52-3)20-28(26)27/h7-13,19-20,29-30H,4-6,14-18,21-22H2,1-3H3,(H2,38,44)(H,39,45)(H,40,43)(H,41,47)(H,42,46)(H2,48,49,50)/t29-,30-/m0/s1. The van der Waals surface area contributed by atoms with E-state index in [1.807, 2.05) is 30.3 Å². The zero-order valence-corrected chi connectivity index (χ0v) is 31.0. The van der Waals surface area contributed by atoms with Crippen LogP contribution in [0.3, 0.4) is 0 Å². The second kappa shape index (κ2) is 18.2. The number of methoxy groups -OCH3 is 2. The molecule has 1 aliphatic rings. The molecule has 0 saturated heterocycles. The lowest BCUT2D eigenvalue weighted by atomic mass is 9.80. The van der Waals surface area contributed by atoms with E-state index >= 15 is 0 Å². The van der Waals surface area contributed by atoms with E-state index in [4.69, 9.17) is 15.2 Å². The maximum Gasteiger partial charge on any atom is 0.329 e. The van der Waals surface area contributed by atoms with Gasteiger partial charge in [0.25, 0.3) is 0 Å². The summed E-state index contributed by atoms with van der Waals surface area (Å²) in [5.74, 6) is -2.04. The molecule has 286 valence electrons. The highest BCUT2D eigenvalue weighted by Crippen LogP contribution is 2.39. The largest absolute Gasteiger partial charge is 0.493 e. The zero-order valence-electron chi connectivity index (χ0n) is 30.1. The quantitative estimate of drug-likeness (QED) is 0.0992. The van der Waals surface area contributed by atoms with Crippen LogP contribution in [0.15, 0.2) is 54.6 Å². The van der Waals surface area contributed by atoms with Crippen molar-refractivity contribution in [2.24, 2.45) is 5.73 Å². The Bertz CT molecular complexity index is 1860. The molecule has 5 amide bonds. The molecular weight excluding hydrogens is 705 g/mol. The average Bonchev–Trinajstić information content (AvgIpc) is 3.10. The highest BCUT2D eigenvalue weighted by molar-refractivity contribution is 7.50. The molecule has 0 bridgehead atoms. The molecule has 15 nitrogen and oxygen atoms in total. The van der Waals surface area contributed by atoms with E-state index in [0.717, 1.165) is 22.8 Å². The first-order chi connectivity index (χ1) is 25.1. The summed E-state index contributed by atoms with van der Waals surface area (Å²) >= 11 is 0. The van der Waals surface area contributed by atoms with Gasteiger partial charge in [0, 0.05) is 19.9 Å². The van der Waals surface area contributed by atoms with Crippen LogP contribution >= 0.6 is 7.60 Å². The number of ether oxygens (including phenoxy) is 2. The van der Waals surface area contributed by atoms with E-state index in [1.54, 1.807) is 26.4 Å². The van der Waals surface area contributed by atoms with Gasteiger partial charge in [0.1, 0.15) is 17.6 Å². The first-order valence-corrected chi connectivity index (χ1v) is 19.1. The fourth-order valence-electron chi connectivity index (χ4n) is 6.63. The summed E-state index contributed by atoms with van der Waals surface area (Å²) < 4.78 is 22.3. The predicted molar refractivity (Wildman–Crippen MR) is 197 cm³/mol. The number of rotatable bonds is 17. The van der Waals surface area contributed by atoms with Gasteiger partial charge in [0.2, 0.25) is 29.5 Å². The SMILES string of the molecule is COc1cc2cccc(CCNC(=O)[C@H](CC(N)=O)NC(=O)C3(NC(=O)[C@H](Cc4ccc(CP(=O)(O)O)cc4)NC(C)=O)CCCCC3)c2cc1OC. The van der Waals surface area contributed by atoms with Gasteiger partial charge in [0.05, 0.1) is 26.8 Å². The van der Waals surface area contributed by atoms with Gasteiger partial charge in [-0.2, -0.15) is 0 Å². The third-order valence-electron chi connectivity index (χ3n) is 9.25. The number of carbonyl (C=O) groups excluding carboxylic acids is 5. The van der Waals surface area contributed by atoms with Gasteiger partial charge in [-0.3, -0.25) is 28.5 Å². The molecule has 3 aromatic carbocycles. The number of amides is 5. The Morgan fingerprint density at radius 1 is 0.868 bits per heavy atom. The van der Waals surface area contributed by atoms with E-state index in [1.165, 1.54) is 19.1 Å². The van der Waals surface area contributed by atoms with E-state index in [9.17, 15) is 38.3 Å². The topological polar surface area (TPSA) is 235 Å². The van der Waals surface area contributed by atoms with Crippen LogP contribution in [0.25, 0.3) is 10.8 Å². The molecule has 0 spiro atoms. The van der Waals surface area contributed by atoms with Crippen molar-refractivity contribution >= 4 is 47.9 Å². The van der Waals surface area contributed by atoms with Crippen molar-refractivity contribution < 1.29 is 47.8 Å². The summed E-state index contributed by atoms with van der Waals surface area (Å²) in [5.41, 5.74) is 6.00. The molecule has 16 heteroatoms. The van der Waals surface area contributed by atoms with E-state index in [-0.39, 0.29) is 25.8 Å². The first kappa shape index (κ1) is 40.8. The normalized spacial score (nSPS) is 15.0. The number of hydrogen-bond donors (Lipinski definition) is 7. The minimum Gasteiger partial charge on any atom is -0.493 e. The van der Waals surface area contributed by atoms with Crippen LogP contribution in [-0.2, 0) is 47.5 Å². The molecule has 0 aliphatic heterocycles. The van der Waals surface area contributed by atoms with Crippen molar-refractivity contribution in [1.29, 1.82) is 0 Å². The lowest BCUT2D eigenvalue weighted by molar-refractivity contribution is -0.139. The van der Waals surface area contributed by atoms with Crippen molar-refractivity contribution in [1.82, 2.24) is 21.3 Å². The maximum atomic E-state index is 14.0. The Labute approximate surface area is 307 Å². The molecule has 3 aromatic rings. The number of nitrogens with one attached hydrogen (secondary N) is 4. The van der Waals surface area contributed by atoms with Crippen molar-refractivity contribution in [2.75, 3.05) is 20.8 Å². The lowest BCUT2D eigenvalue weighted by Gasteiger charge is -2.38. The van der Waals surface area contributed by atoms with Crippen molar-refractivity contribution in [3.05, 3.63) is 71.3 Å². The Balaban J connectivity index is 1.47. The number of hydrogen-bond acceptors (Lipinski definition) is 8. The van der Waals surface area contributed by atoms with Crippen LogP contribution in [0.5, 0.6) is 11.5 Å². The van der Waals surface area contributed by atoms with E-state index in [0.29, 0.717) is 41.9 Å². The molecule has 53 heavy (non-hydrogen) atoms. The molecule has 0 aromatic heterocycles. The van der Waals surface area contributed by atoms with Crippen molar-refractivity contribution in [3.63, 3.8) is 0 Å². The summed E-state index contributed by atoms with van der Waals surface area (Å²) in [6, 6.07) is 13.4. The minimum atomic E-state index is -4.28. The summed E-state index contributed by atoms with van der Waals surface area (Å²) in [5, 5.41) is 12.8. The molecule has 0 radical (unpaired) electrons. The Hall–Kier alpha value is -4.98. The molecule has 1 saturated carbocycles. The molecular formula is C37H48N5O10P. The van der Waals surface area contributed by atoms with Crippen molar-refractivity contribution in [3.8, 4) is 11.5 Å². The Morgan fingerprint density at radius 3 is 2.11 bits per heavy atom. The minimum absolute atomic E-state index is 0.0308. The average molecular weight is 754 g/mol. The third-order valence-corrected chi connectivity index (χ3v) is 10.0. The van der Waals surface area contributed by atoms with Crippen LogP contribution in [0.1, 0.15) is 62.1 Å². The smallest absolute Gasteiger partial charge is 0.329 e. The molecule has 2 atom stereocenters. The zero-order chi connectivity index (χ0) is 38.8. The second-order valence-electron chi connectivity index (χ2n) is 13.3. The second-order valence-corrected chi connectivity index (χ2v) is 15.0.